The van der Waals surface area contributed by atoms with Crippen molar-refractivity contribution in [1.82, 2.24) is 0 Å². The van der Waals surface area contributed by atoms with Gasteiger partial charge in [0.15, 0.2) is 0 Å². The van der Waals surface area contributed by atoms with Crippen molar-refractivity contribution in [1.29, 1.82) is 0 Å². The van der Waals surface area contributed by atoms with E-state index in [1.807, 2.05) is 0 Å². The average Bonchev–Trinajstić information content (AvgIpc) is 3.33. The number of fused-ring (bicyclic) bond motifs is 7. The van der Waals surface area contributed by atoms with E-state index in [0.717, 1.165) is 0 Å². The second-order valence-corrected chi connectivity index (χ2v) is 18.4. The van der Waals surface area contributed by atoms with Gasteiger partial charge in [-0.05, 0) is 146 Å². The molecule has 0 saturated carbocycles. The standard InChI is InChI=1S/C60H40Si/c1-2-19-49(20-3-1)61-50-30-31-56-58(38-50)60(57-37-45-18-8-9-21-51(45)52-22-10-11-23-53(52)57)55-25-13-12-24-54(55)59(56)48-35-46(43-28-26-39-14-4-6-16-41(39)32-43)34-47(36-48)44-29-27-40-15-5-7-17-42(40)33-44/h1-38H,61H2. The van der Waals surface area contributed by atoms with E-state index < -0.39 is 9.52 Å². The zero-order chi connectivity index (χ0) is 40.3. The highest BCUT2D eigenvalue weighted by atomic mass is 28.2. The fourth-order valence-electron chi connectivity index (χ4n) is 9.87. The summed E-state index contributed by atoms with van der Waals surface area (Å²) in [5.41, 5.74) is 9.93. The molecule has 1 heteroatoms. The first-order valence-electron chi connectivity index (χ1n) is 21.3. The SMILES string of the molecule is c1ccc([SiH2]c2ccc3c(-c4cc(-c5ccc6ccccc6c5)cc(-c5ccc6ccccc6c5)c4)c4ccccc4c(-c4cc5ccccc5c5ccccc45)c3c2)cc1. The first-order chi connectivity index (χ1) is 30.2. The van der Waals surface area contributed by atoms with Crippen molar-refractivity contribution < 1.29 is 0 Å². The summed E-state index contributed by atoms with van der Waals surface area (Å²) in [6.07, 6.45) is 0. The van der Waals surface area contributed by atoms with Gasteiger partial charge in [0.25, 0.3) is 0 Å². The molecule has 0 spiro atoms. The summed E-state index contributed by atoms with van der Waals surface area (Å²) in [5, 5.41) is 18.1. The summed E-state index contributed by atoms with van der Waals surface area (Å²) in [5.74, 6) is 0. The van der Waals surface area contributed by atoms with Crippen LogP contribution in [0.25, 0.3) is 109 Å². The highest BCUT2D eigenvalue weighted by Crippen LogP contribution is 2.47. The lowest BCUT2D eigenvalue weighted by molar-refractivity contribution is 1.60. The van der Waals surface area contributed by atoms with Crippen LogP contribution in [0, 0.1) is 0 Å². The van der Waals surface area contributed by atoms with Crippen molar-refractivity contribution in [3.8, 4) is 44.5 Å². The molecule has 61 heavy (non-hydrogen) atoms. The van der Waals surface area contributed by atoms with E-state index >= 15 is 0 Å². The van der Waals surface area contributed by atoms with Crippen LogP contribution in [-0.2, 0) is 0 Å². The van der Waals surface area contributed by atoms with Gasteiger partial charge in [-0.3, -0.25) is 0 Å². The van der Waals surface area contributed by atoms with Crippen molar-refractivity contribution in [3.63, 3.8) is 0 Å². The maximum atomic E-state index is 2.54. The molecule has 0 amide bonds. The molecule has 0 aliphatic rings. The zero-order valence-corrected chi connectivity index (χ0v) is 35.1. The minimum atomic E-state index is -0.737. The molecule has 0 nitrogen and oxygen atoms in total. The molecular weight excluding hydrogens is 749 g/mol. The Balaban J connectivity index is 1.18. The van der Waals surface area contributed by atoms with Crippen LogP contribution >= 0.6 is 0 Å². The Morgan fingerprint density at radius 2 is 0.705 bits per heavy atom. The predicted molar refractivity (Wildman–Crippen MR) is 267 cm³/mol. The van der Waals surface area contributed by atoms with Gasteiger partial charge in [0.2, 0.25) is 0 Å². The molecule has 0 fully saturated rings. The third kappa shape index (κ3) is 6.21. The maximum Gasteiger partial charge on any atom is 0.0875 e. The number of benzene rings is 12. The van der Waals surface area contributed by atoms with Crippen LogP contribution in [0.5, 0.6) is 0 Å². The molecule has 0 aromatic heterocycles. The van der Waals surface area contributed by atoms with Crippen LogP contribution in [0.3, 0.4) is 0 Å². The molecule has 0 unspecified atom stereocenters. The lowest BCUT2D eigenvalue weighted by Crippen LogP contribution is -2.26. The fourth-order valence-corrected chi connectivity index (χ4v) is 11.4. The lowest BCUT2D eigenvalue weighted by Gasteiger charge is -2.21. The lowest BCUT2D eigenvalue weighted by atomic mass is 9.82. The fraction of sp³-hybridized carbons (Fsp3) is 0. The summed E-state index contributed by atoms with van der Waals surface area (Å²) in [4.78, 5) is 0. The Morgan fingerprint density at radius 1 is 0.213 bits per heavy atom. The third-order valence-corrected chi connectivity index (χ3v) is 14.5. The quantitative estimate of drug-likeness (QED) is 0.0894. The van der Waals surface area contributed by atoms with Crippen LogP contribution in [0.2, 0.25) is 0 Å². The van der Waals surface area contributed by atoms with E-state index in [1.165, 1.54) is 120 Å². The van der Waals surface area contributed by atoms with Crippen LogP contribution in [-0.4, -0.2) is 9.52 Å². The molecule has 0 aliphatic heterocycles. The molecule has 12 aromatic carbocycles. The van der Waals surface area contributed by atoms with E-state index in [4.69, 9.17) is 0 Å². The molecule has 0 radical (unpaired) electrons. The van der Waals surface area contributed by atoms with Gasteiger partial charge in [0.1, 0.15) is 0 Å². The van der Waals surface area contributed by atoms with Gasteiger partial charge in [0.05, 0.1) is 9.52 Å². The van der Waals surface area contributed by atoms with Crippen LogP contribution < -0.4 is 10.4 Å². The Morgan fingerprint density at radius 3 is 1.36 bits per heavy atom. The average molecular weight is 789 g/mol. The highest BCUT2D eigenvalue weighted by molar-refractivity contribution is 6.67. The molecule has 12 rings (SSSR count). The molecular formula is C60H40Si. The molecule has 0 atom stereocenters. The second-order valence-electron chi connectivity index (χ2n) is 16.5. The highest BCUT2D eigenvalue weighted by Gasteiger charge is 2.21. The van der Waals surface area contributed by atoms with E-state index in [1.54, 1.807) is 0 Å². The first kappa shape index (κ1) is 35.4. The maximum absolute atomic E-state index is 2.54. The van der Waals surface area contributed by atoms with E-state index in [9.17, 15) is 0 Å². The summed E-state index contributed by atoms with van der Waals surface area (Å²) >= 11 is 0. The summed E-state index contributed by atoms with van der Waals surface area (Å²) in [7, 11) is -0.737. The van der Waals surface area contributed by atoms with Crippen LogP contribution in [0.15, 0.2) is 231 Å². The Labute approximate surface area is 357 Å². The number of hydrogen-bond donors (Lipinski definition) is 0. The first-order valence-corrected chi connectivity index (χ1v) is 22.7. The van der Waals surface area contributed by atoms with Gasteiger partial charge >= 0.3 is 0 Å². The predicted octanol–water partition coefficient (Wildman–Crippen LogP) is 14.4. The topological polar surface area (TPSA) is 0 Å². The number of hydrogen-bond acceptors (Lipinski definition) is 0. The zero-order valence-electron chi connectivity index (χ0n) is 33.6. The summed E-state index contributed by atoms with van der Waals surface area (Å²) in [6.45, 7) is 0. The van der Waals surface area contributed by atoms with Gasteiger partial charge in [-0.25, -0.2) is 0 Å². The molecule has 0 saturated heterocycles. The van der Waals surface area contributed by atoms with Gasteiger partial charge in [-0.2, -0.15) is 0 Å². The normalized spacial score (nSPS) is 11.9. The molecule has 284 valence electrons. The minimum Gasteiger partial charge on any atom is -0.0633 e. The Kier molecular flexibility index (Phi) is 8.47. The third-order valence-electron chi connectivity index (χ3n) is 12.8. The minimum absolute atomic E-state index is 0.737. The van der Waals surface area contributed by atoms with Gasteiger partial charge in [-0.1, -0.05) is 204 Å². The Hall–Kier alpha value is -7.58. The van der Waals surface area contributed by atoms with Crippen molar-refractivity contribution in [2.24, 2.45) is 0 Å². The smallest absolute Gasteiger partial charge is 0.0633 e. The van der Waals surface area contributed by atoms with E-state index in [-0.39, 0.29) is 0 Å². The monoisotopic (exact) mass is 788 g/mol. The molecule has 0 aliphatic carbocycles. The van der Waals surface area contributed by atoms with Gasteiger partial charge in [0, 0.05) is 0 Å². The second kappa shape index (κ2) is 14.6. The molecule has 0 N–H and O–H groups in total. The Bertz CT molecular complexity index is 3580. The summed E-state index contributed by atoms with van der Waals surface area (Å²) in [6, 6.07) is 86.3. The van der Waals surface area contributed by atoms with Crippen LogP contribution in [0.4, 0.5) is 0 Å². The van der Waals surface area contributed by atoms with E-state index in [0.29, 0.717) is 0 Å². The van der Waals surface area contributed by atoms with Crippen LogP contribution in [0.1, 0.15) is 0 Å². The van der Waals surface area contributed by atoms with Gasteiger partial charge in [-0.15, -0.1) is 0 Å². The molecule has 12 aromatic rings. The van der Waals surface area contributed by atoms with Crippen molar-refractivity contribution >= 4 is 84.5 Å². The number of rotatable bonds is 6. The molecule has 0 bridgehead atoms. The largest absolute Gasteiger partial charge is 0.0875 e. The van der Waals surface area contributed by atoms with Crippen molar-refractivity contribution in [2.75, 3.05) is 0 Å². The van der Waals surface area contributed by atoms with Crippen molar-refractivity contribution in [2.45, 2.75) is 0 Å². The van der Waals surface area contributed by atoms with Gasteiger partial charge < -0.3 is 0 Å². The van der Waals surface area contributed by atoms with E-state index in [2.05, 4.69) is 231 Å². The summed E-state index contributed by atoms with van der Waals surface area (Å²) < 4.78 is 0. The van der Waals surface area contributed by atoms with Crippen molar-refractivity contribution in [3.05, 3.63) is 231 Å². The molecule has 0 heterocycles.